The van der Waals surface area contributed by atoms with Gasteiger partial charge < -0.3 is 4.79 Å². The van der Waals surface area contributed by atoms with Crippen molar-refractivity contribution in [3.63, 3.8) is 0 Å². The summed E-state index contributed by atoms with van der Waals surface area (Å²) in [7, 11) is 5.50. The van der Waals surface area contributed by atoms with E-state index in [0.717, 1.165) is 10.0 Å². The summed E-state index contributed by atoms with van der Waals surface area (Å²) >= 11 is 0. The van der Waals surface area contributed by atoms with Gasteiger partial charge in [0.05, 0.1) is 0 Å². The van der Waals surface area contributed by atoms with Gasteiger partial charge in [-0.1, -0.05) is 0 Å². The van der Waals surface area contributed by atoms with E-state index in [1.165, 1.54) is 5.75 Å². The molecular formula is CCl2O. The summed E-state index contributed by atoms with van der Waals surface area (Å²) in [5.74, 6) is 1.31. The van der Waals surface area contributed by atoms with E-state index in [4.69, 9.17) is 4.79 Å². The van der Waals surface area contributed by atoms with Crippen LogP contribution in [0.4, 0.5) is 0 Å². The van der Waals surface area contributed by atoms with Gasteiger partial charge in [-0.2, -0.15) is 0 Å². The molecule has 0 radical (unpaired) electrons. The van der Waals surface area contributed by atoms with Gasteiger partial charge in [0, 0.05) is 0 Å². The summed E-state index contributed by atoms with van der Waals surface area (Å²) in [6.07, 6.45) is 0. The zero-order valence-electron chi connectivity index (χ0n) is 1.66. The topological polar surface area (TPSA) is 17.1 Å². The molecule has 0 aliphatic rings. The van der Waals surface area contributed by atoms with E-state index < -0.39 is 0 Å². The molecule has 0 N–H and O–H groups in total. The summed E-state index contributed by atoms with van der Waals surface area (Å²) in [6, 6.07) is 0. The fourth-order valence-corrected chi connectivity index (χ4v) is 0. The predicted molar refractivity (Wildman–Crippen MR) is 11.5 cm³/mol. The maximum atomic E-state index is 8.85. The second-order valence-electron chi connectivity index (χ2n) is 0.149. The first kappa shape index (κ1) is 4.25. The Labute approximate surface area is 32.3 Å². The molecule has 0 bridgehead atoms. The van der Waals surface area contributed by atoms with Crippen molar-refractivity contribution in [3.05, 3.63) is 0 Å². The molecule has 4 heavy (non-hydrogen) atoms. The molecule has 0 spiro atoms. The molecule has 0 aromatic heterocycles. The molecule has 1 nitrogen and oxygen atoms in total. The molecule has 0 unspecified atom stereocenters. The molecule has 0 rings (SSSR count). The average molecular weight is 98.9 g/mol. The van der Waals surface area contributed by atoms with Crippen LogP contribution in [-0.4, -0.2) is 5.75 Å². The lowest BCUT2D eigenvalue weighted by Gasteiger charge is -1.44. The van der Waals surface area contributed by atoms with E-state index in [1.807, 2.05) is 0 Å². The second-order valence-corrected chi connectivity index (χ2v) is 0.874. The van der Waals surface area contributed by atoms with Gasteiger partial charge in [-0.25, -0.2) is 0 Å². The summed E-state index contributed by atoms with van der Waals surface area (Å²) in [6.45, 7) is 0. The van der Waals surface area contributed by atoms with E-state index in [0.29, 0.717) is 0 Å². The van der Waals surface area contributed by atoms with Crippen molar-refractivity contribution >= 4 is 16.6 Å². The van der Waals surface area contributed by atoms with Crippen LogP contribution in [0, 0.1) is 10.0 Å². The van der Waals surface area contributed by atoms with E-state index in [2.05, 4.69) is 10.9 Å². The van der Waals surface area contributed by atoms with Crippen LogP contribution >= 0.6 is 10.9 Å². The zero-order chi connectivity index (χ0) is 3.41. The minimum absolute atomic E-state index is 0.881. The fourth-order valence-electron chi connectivity index (χ4n) is 0. The zero-order valence-corrected chi connectivity index (χ0v) is 3.18. The summed E-state index contributed by atoms with van der Waals surface area (Å²) < 4.78 is 0. The Morgan fingerprint density at radius 2 is 2.25 bits per heavy atom. The van der Waals surface area contributed by atoms with Crippen molar-refractivity contribution in [1.82, 2.24) is 0 Å². The summed E-state index contributed by atoms with van der Waals surface area (Å²) in [5, 5.41) is 0. The molecule has 0 aromatic carbocycles. The molecule has 24 valence electrons. The first-order valence-electron chi connectivity index (χ1n) is 0.536. The molecule has 3 heteroatoms. The molecule has 0 aliphatic heterocycles. The molecule has 0 amide bonds. The van der Waals surface area contributed by atoms with Gasteiger partial charge in [0.1, 0.15) is 15.8 Å². The largest absolute Gasteiger partial charge is 0.469 e. The van der Waals surface area contributed by atoms with Gasteiger partial charge in [0.2, 0.25) is 10.9 Å². The second kappa shape index (κ2) is 3.25. The van der Waals surface area contributed by atoms with Crippen LogP contribution in [-0.2, 0) is 4.79 Å². The van der Waals surface area contributed by atoms with Crippen LogP contribution in [0.2, 0.25) is 0 Å². The van der Waals surface area contributed by atoms with Gasteiger partial charge in [0.15, 0.2) is 0 Å². The van der Waals surface area contributed by atoms with Gasteiger partial charge in [-0.05, 0) is 0 Å². The van der Waals surface area contributed by atoms with Gasteiger partial charge in [-0.15, -0.1) is 0 Å². The lowest BCUT2D eigenvalue weighted by Crippen LogP contribution is -1.54. The van der Waals surface area contributed by atoms with Crippen molar-refractivity contribution in [1.29, 1.82) is 0 Å². The van der Waals surface area contributed by atoms with Crippen LogP contribution in [0.1, 0.15) is 0 Å². The third kappa shape index (κ3) is 2.25. The van der Waals surface area contributed by atoms with Crippen LogP contribution in [0.25, 0.3) is 0 Å². The lowest BCUT2D eigenvalue weighted by atomic mass is 11.8. The molecular weight excluding hydrogens is 98.9 g/mol. The van der Waals surface area contributed by atoms with E-state index >= 15 is 0 Å². The van der Waals surface area contributed by atoms with Crippen LogP contribution in [0.15, 0.2) is 0 Å². The summed E-state index contributed by atoms with van der Waals surface area (Å²) in [5.41, 5.74) is 0. The van der Waals surface area contributed by atoms with E-state index in [-0.39, 0.29) is 0 Å². The Hall–Kier alpha value is 0.250. The maximum absolute atomic E-state index is 8.85. The highest BCUT2D eigenvalue weighted by Gasteiger charge is 1.63. The standard InChI is InChI=1S/CCl2O/c2-3-1-4. The Kier molecular flexibility index (Phi) is 3.45. The minimum atomic E-state index is 0.881. The molecule has 0 fully saturated rings. The van der Waals surface area contributed by atoms with Crippen molar-refractivity contribution < 1.29 is 14.8 Å². The Morgan fingerprint density at radius 3 is 2.25 bits per heavy atom. The molecule has 0 saturated heterocycles. The monoisotopic (exact) mass is 97.9 g/mol. The summed E-state index contributed by atoms with van der Waals surface area (Å²) in [4.78, 5) is 8.85. The van der Waals surface area contributed by atoms with Crippen molar-refractivity contribution in [2.45, 2.75) is 0 Å². The highest BCUT2D eigenvalue weighted by atomic mass is 36.5. The Bertz CT molecular complexity index is 20.0. The van der Waals surface area contributed by atoms with E-state index in [9.17, 15) is 0 Å². The normalized spacial score (nSPS) is 6.25. The van der Waals surface area contributed by atoms with Gasteiger partial charge >= 0.3 is 0 Å². The van der Waals surface area contributed by atoms with E-state index in [1.54, 1.807) is 0 Å². The quantitative estimate of drug-likeness (QED) is 0.341. The van der Waals surface area contributed by atoms with Gasteiger partial charge in [-0.3, -0.25) is 0 Å². The van der Waals surface area contributed by atoms with Crippen LogP contribution in [0.5, 0.6) is 0 Å². The Balaban J connectivity index is 2.30. The predicted octanol–water partition coefficient (Wildman–Crippen LogP) is 0.292. The van der Waals surface area contributed by atoms with Crippen molar-refractivity contribution in [2.75, 3.05) is 0 Å². The third-order valence-corrected chi connectivity index (χ3v) is 0.262. The molecule has 0 aliphatic carbocycles. The number of halogens is 2. The average Bonchev–Trinajstić information content (AvgIpc) is 1.37. The number of hydrogen-bond acceptors (Lipinski definition) is 1. The molecule has 0 atom stereocenters. The molecule has 0 aromatic rings. The number of hydrogen-bond donors (Lipinski definition) is 0. The smallest absolute Gasteiger partial charge is 0.235 e. The molecule has 0 heterocycles. The lowest BCUT2D eigenvalue weighted by molar-refractivity contribution is -0.365. The first-order chi connectivity index (χ1) is 1.91. The SMILES string of the molecule is O=[C-][Cl+]Cl. The van der Waals surface area contributed by atoms with Crippen LogP contribution in [0.3, 0.4) is 0 Å². The highest BCUT2D eigenvalue weighted by molar-refractivity contribution is 6.05. The highest BCUT2D eigenvalue weighted by Crippen LogP contribution is 1.65. The maximum Gasteiger partial charge on any atom is 0.235 e. The number of carbonyl (C=O) groups excluding carboxylic acids is 1. The minimum Gasteiger partial charge on any atom is -0.469 e. The van der Waals surface area contributed by atoms with Crippen LogP contribution < -0.4 is 0 Å². The third-order valence-electron chi connectivity index (χ3n) is 0.0292. The number of rotatable bonds is 1. The van der Waals surface area contributed by atoms with Gasteiger partial charge in [0.25, 0.3) is 0 Å². The fraction of sp³-hybridized carbons (Fsp3) is 0. The Morgan fingerprint density at radius 1 is 2.00 bits per heavy atom. The molecule has 0 saturated carbocycles. The van der Waals surface area contributed by atoms with Crippen molar-refractivity contribution in [3.8, 4) is 0 Å². The van der Waals surface area contributed by atoms with Crippen molar-refractivity contribution in [2.24, 2.45) is 0 Å². The first-order valence-corrected chi connectivity index (χ1v) is 2.06.